The van der Waals surface area contributed by atoms with Gasteiger partial charge in [-0.1, -0.05) is 18.9 Å². The lowest BCUT2D eigenvalue weighted by atomic mass is 10.1. The van der Waals surface area contributed by atoms with Crippen LogP contribution in [0.1, 0.15) is 36.0 Å². The van der Waals surface area contributed by atoms with Crippen LogP contribution in [-0.4, -0.2) is 33.2 Å². The van der Waals surface area contributed by atoms with E-state index < -0.39 is 0 Å². The molecule has 5 heteroatoms. The Morgan fingerprint density at radius 3 is 2.55 bits per heavy atom. The van der Waals surface area contributed by atoms with Gasteiger partial charge in [0.2, 0.25) is 0 Å². The van der Waals surface area contributed by atoms with Gasteiger partial charge in [0, 0.05) is 6.54 Å². The Labute approximate surface area is 120 Å². The predicted molar refractivity (Wildman–Crippen MR) is 79.4 cm³/mol. The third-order valence-electron chi connectivity index (χ3n) is 3.06. The maximum absolute atomic E-state index is 12.1. The molecule has 0 saturated heterocycles. The second-order valence-electron chi connectivity index (χ2n) is 4.50. The van der Waals surface area contributed by atoms with Crippen LogP contribution in [0.2, 0.25) is 0 Å². The highest BCUT2D eigenvalue weighted by Crippen LogP contribution is 2.30. The number of carbonyl (C=O) groups excluding carboxylic acids is 1. The van der Waals surface area contributed by atoms with Crippen molar-refractivity contribution in [3.05, 3.63) is 23.8 Å². The van der Waals surface area contributed by atoms with Crippen molar-refractivity contribution >= 4 is 5.91 Å². The molecule has 0 aromatic heterocycles. The number of amides is 1. The fourth-order valence-corrected chi connectivity index (χ4v) is 1.99. The maximum Gasteiger partial charge on any atom is 0.255 e. The van der Waals surface area contributed by atoms with E-state index in [1.54, 1.807) is 25.3 Å². The van der Waals surface area contributed by atoms with E-state index in [-0.39, 0.29) is 5.91 Å². The minimum Gasteiger partial charge on any atom is -0.493 e. The summed E-state index contributed by atoms with van der Waals surface area (Å²) in [7, 11) is 3.08. The van der Waals surface area contributed by atoms with Crippen LogP contribution in [0.15, 0.2) is 18.2 Å². The number of carbonyl (C=O) groups is 1. The topological polar surface area (TPSA) is 73.6 Å². The molecule has 1 amide bonds. The third kappa shape index (κ3) is 4.74. The number of unbranched alkanes of at least 4 members (excludes halogenated alkanes) is 3. The molecule has 1 rings (SSSR count). The van der Waals surface area contributed by atoms with Crippen molar-refractivity contribution in [1.29, 1.82) is 0 Å². The lowest BCUT2D eigenvalue weighted by Crippen LogP contribution is -2.25. The summed E-state index contributed by atoms with van der Waals surface area (Å²) in [5, 5.41) is 2.90. The number of ether oxygens (including phenoxy) is 2. The predicted octanol–water partition coefficient (Wildman–Crippen LogP) is 1.95. The van der Waals surface area contributed by atoms with E-state index in [0.717, 1.165) is 32.2 Å². The summed E-state index contributed by atoms with van der Waals surface area (Å²) in [6.45, 7) is 1.39. The Morgan fingerprint density at radius 1 is 1.15 bits per heavy atom. The van der Waals surface area contributed by atoms with Crippen LogP contribution in [0, 0.1) is 0 Å². The molecule has 0 saturated carbocycles. The van der Waals surface area contributed by atoms with Gasteiger partial charge in [-0.2, -0.15) is 0 Å². The zero-order valence-corrected chi connectivity index (χ0v) is 12.3. The van der Waals surface area contributed by atoms with E-state index in [0.29, 0.717) is 23.6 Å². The molecule has 3 N–H and O–H groups in total. The van der Waals surface area contributed by atoms with Crippen molar-refractivity contribution < 1.29 is 14.3 Å². The van der Waals surface area contributed by atoms with Gasteiger partial charge in [0.15, 0.2) is 11.5 Å². The van der Waals surface area contributed by atoms with Gasteiger partial charge in [-0.3, -0.25) is 4.79 Å². The fraction of sp³-hybridized carbons (Fsp3) is 0.533. The Balaban J connectivity index is 2.51. The van der Waals surface area contributed by atoms with Gasteiger partial charge >= 0.3 is 0 Å². The number of para-hydroxylation sites is 1. The number of nitrogens with two attached hydrogens (primary N) is 1. The van der Waals surface area contributed by atoms with Crippen LogP contribution in [-0.2, 0) is 0 Å². The molecule has 1 aromatic rings. The first-order chi connectivity index (χ1) is 9.74. The number of benzene rings is 1. The smallest absolute Gasteiger partial charge is 0.255 e. The first-order valence-corrected chi connectivity index (χ1v) is 6.93. The molecule has 0 bridgehead atoms. The third-order valence-corrected chi connectivity index (χ3v) is 3.06. The monoisotopic (exact) mass is 280 g/mol. The maximum atomic E-state index is 12.1. The Bertz CT molecular complexity index is 422. The first kappa shape index (κ1) is 16.3. The van der Waals surface area contributed by atoms with E-state index in [2.05, 4.69) is 5.32 Å². The van der Waals surface area contributed by atoms with Crippen LogP contribution in [0.4, 0.5) is 0 Å². The number of hydrogen-bond donors (Lipinski definition) is 2. The molecule has 5 nitrogen and oxygen atoms in total. The van der Waals surface area contributed by atoms with Crippen LogP contribution in [0.3, 0.4) is 0 Å². The Hall–Kier alpha value is -1.75. The van der Waals surface area contributed by atoms with E-state index in [1.165, 1.54) is 7.11 Å². The molecule has 0 aliphatic heterocycles. The lowest BCUT2D eigenvalue weighted by Gasteiger charge is -2.12. The van der Waals surface area contributed by atoms with E-state index in [9.17, 15) is 4.79 Å². The van der Waals surface area contributed by atoms with Crippen molar-refractivity contribution in [3.63, 3.8) is 0 Å². The van der Waals surface area contributed by atoms with E-state index >= 15 is 0 Å². The van der Waals surface area contributed by atoms with Gasteiger partial charge in [0.05, 0.1) is 19.8 Å². The molecule has 0 atom stereocenters. The molecule has 0 aliphatic carbocycles. The molecular formula is C15H24N2O3. The molecule has 1 aromatic carbocycles. The number of nitrogens with one attached hydrogen (secondary N) is 1. The largest absolute Gasteiger partial charge is 0.493 e. The Morgan fingerprint density at radius 2 is 1.90 bits per heavy atom. The van der Waals surface area contributed by atoms with Crippen molar-refractivity contribution in [1.82, 2.24) is 5.32 Å². The second-order valence-corrected chi connectivity index (χ2v) is 4.50. The van der Waals surface area contributed by atoms with Crippen LogP contribution >= 0.6 is 0 Å². The molecule has 0 spiro atoms. The van der Waals surface area contributed by atoms with E-state index in [1.807, 2.05) is 0 Å². The normalized spacial score (nSPS) is 10.2. The van der Waals surface area contributed by atoms with Gasteiger partial charge in [0.25, 0.3) is 5.91 Å². The molecule has 20 heavy (non-hydrogen) atoms. The summed E-state index contributed by atoms with van der Waals surface area (Å²) >= 11 is 0. The summed E-state index contributed by atoms with van der Waals surface area (Å²) < 4.78 is 10.4. The van der Waals surface area contributed by atoms with Gasteiger partial charge in [-0.15, -0.1) is 0 Å². The average Bonchev–Trinajstić information content (AvgIpc) is 2.49. The minimum atomic E-state index is -0.139. The fourth-order valence-electron chi connectivity index (χ4n) is 1.99. The summed E-state index contributed by atoms with van der Waals surface area (Å²) in [6.07, 6.45) is 4.18. The van der Waals surface area contributed by atoms with Crippen molar-refractivity contribution in [2.45, 2.75) is 25.7 Å². The number of rotatable bonds is 9. The quantitative estimate of drug-likeness (QED) is 0.678. The average molecular weight is 280 g/mol. The molecule has 0 aliphatic rings. The summed E-state index contributed by atoms with van der Waals surface area (Å²) in [5.41, 5.74) is 5.93. The van der Waals surface area contributed by atoms with Crippen molar-refractivity contribution in [2.24, 2.45) is 5.73 Å². The SMILES string of the molecule is COc1cccc(C(=O)NCCCCCCN)c1OC. The zero-order chi connectivity index (χ0) is 14.8. The lowest BCUT2D eigenvalue weighted by molar-refractivity contribution is 0.0949. The minimum absolute atomic E-state index is 0.139. The molecular weight excluding hydrogens is 256 g/mol. The molecule has 112 valence electrons. The van der Waals surface area contributed by atoms with Crippen molar-refractivity contribution in [2.75, 3.05) is 27.3 Å². The van der Waals surface area contributed by atoms with E-state index in [4.69, 9.17) is 15.2 Å². The van der Waals surface area contributed by atoms with Crippen LogP contribution in [0.5, 0.6) is 11.5 Å². The first-order valence-electron chi connectivity index (χ1n) is 6.93. The molecule has 0 fully saturated rings. The number of methoxy groups -OCH3 is 2. The summed E-state index contributed by atoms with van der Waals surface area (Å²) in [6, 6.07) is 5.27. The summed E-state index contributed by atoms with van der Waals surface area (Å²) in [5.74, 6) is 0.887. The standard InChI is InChI=1S/C15H24N2O3/c1-19-13-9-7-8-12(14(13)20-2)15(18)17-11-6-4-3-5-10-16/h7-9H,3-6,10-11,16H2,1-2H3,(H,17,18). The summed E-state index contributed by atoms with van der Waals surface area (Å²) in [4.78, 5) is 12.1. The van der Waals surface area contributed by atoms with Gasteiger partial charge in [-0.25, -0.2) is 0 Å². The highest BCUT2D eigenvalue weighted by atomic mass is 16.5. The van der Waals surface area contributed by atoms with Gasteiger partial charge < -0.3 is 20.5 Å². The molecule has 0 heterocycles. The van der Waals surface area contributed by atoms with Crippen LogP contribution in [0.25, 0.3) is 0 Å². The van der Waals surface area contributed by atoms with Gasteiger partial charge in [-0.05, 0) is 31.5 Å². The second kappa shape index (κ2) is 9.20. The highest BCUT2D eigenvalue weighted by molar-refractivity contribution is 5.97. The Kier molecular flexibility index (Phi) is 7.50. The zero-order valence-electron chi connectivity index (χ0n) is 12.3. The van der Waals surface area contributed by atoms with Gasteiger partial charge in [0.1, 0.15) is 0 Å². The van der Waals surface area contributed by atoms with Crippen LogP contribution < -0.4 is 20.5 Å². The molecule has 0 radical (unpaired) electrons. The molecule has 0 unspecified atom stereocenters. The van der Waals surface area contributed by atoms with Crippen molar-refractivity contribution in [3.8, 4) is 11.5 Å². The number of hydrogen-bond acceptors (Lipinski definition) is 4. The highest BCUT2D eigenvalue weighted by Gasteiger charge is 2.15.